The van der Waals surface area contributed by atoms with Crippen LogP contribution in [0.4, 0.5) is 0 Å². The highest BCUT2D eigenvalue weighted by Gasteiger charge is 2.37. The largest absolute Gasteiger partial charge is 0.341 e. The predicted octanol–water partition coefficient (Wildman–Crippen LogP) is 5.59. The van der Waals surface area contributed by atoms with E-state index in [2.05, 4.69) is 41.2 Å². The van der Waals surface area contributed by atoms with Gasteiger partial charge in [0.15, 0.2) is 0 Å². The minimum absolute atomic E-state index is 0.0508. The van der Waals surface area contributed by atoms with Crippen molar-refractivity contribution in [3.63, 3.8) is 0 Å². The quantitative estimate of drug-likeness (QED) is 0.530. The fourth-order valence-electron chi connectivity index (χ4n) is 5.26. The fraction of sp³-hybridized carbons (Fsp3) is 0.444. The summed E-state index contributed by atoms with van der Waals surface area (Å²) >= 11 is 0. The van der Waals surface area contributed by atoms with Crippen molar-refractivity contribution in [1.29, 1.82) is 0 Å². The van der Waals surface area contributed by atoms with Crippen LogP contribution < -0.4 is 0 Å². The average Bonchev–Trinajstić information content (AvgIpc) is 3.57. The highest BCUT2D eigenvalue weighted by molar-refractivity contribution is 5.79. The second kappa shape index (κ2) is 9.27. The van der Waals surface area contributed by atoms with Crippen LogP contribution in [-0.4, -0.2) is 34.0 Å². The van der Waals surface area contributed by atoms with Gasteiger partial charge in [-0.3, -0.25) is 4.79 Å². The van der Waals surface area contributed by atoms with Crippen LogP contribution in [0.5, 0.6) is 0 Å². The van der Waals surface area contributed by atoms with E-state index < -0.39 is 0 Å². The molecule has 0 spiro atoms. The van der Waals surface area contributed by atoms with Gasteiger partial charge in [0.1, 0.15) is 0 Å². The van der Waals surface area contributed by atoms with E-state index in [9.17, 15) is 4.79 Å². The van der Waals surface area contributed by atoms with Crippen LogP contribution in [0.25, 0.3) is 11.4 Å². The van der Waals surface area contributed by atoms with Crippen LogP contribution in [0.3, 0.4) is 0 Å². The molecule has 0 unspecified atom stereocenters. The molecule has 1 aliphatic carbocycles. The highest BCUT2D eigenvalue weighted by atomic mass is 16.5. The second-order valence-corrected chi connectivity index (χ2v) is 9.27. The Hall–Kier alpha value is -2.95. The highest BCUT2D eigenvalue weighted by Crippen LogP contribution is 2.38. The van der Waals surface area contributed by atoms with Gasteiger partial charge in [-0.15, -0.1) is 0 Å². The maximum atomic E-state index is 13.3. The van der Waals surface area contributed by atoms with E-state index in [1.165, 1.54) is 24.0 Å². The van der Waals surface area contributed by atoms with Gasteiger partial charge in [-0.1, -0.05) is 79.5 Å². The third kappa shape index (κ3) is 4.34. The van der Waals surface area contributed by atoms with Gasteiger partial charge >= 0.3 is 0 Å². The zero-order chi connectivity index (χ0) is 21.9. The number of rotatable bonds is 5. The van der Waals surface area contributed by atoms with Crippen molar-refractivity contribution in [2.45, 2.75) is 57.3 Å². The Bertz CT molecular complexity index is 1040. The summed E-state index contributed by atoms with van der Waals surface area (Å²) in [6, 6.07) is 18.8. The molecule has 1 saturated carbocycles. The minimum Gasteiger partial charge on any atom is -0.341 e. The first-order valence-corrected chi connectivity index (χ1v) is 12.0. The molecule has 1 saturated heterocycles. The Labute approximate surface area is 189 Å². The van der Waals surface area contributed by atoms with Crippen LogP contribution in [0.2, 0.25) is 0 Å². The first kappa shape index (κ1) is 20.9. The lowest BCUT2D eigenvalue weighted by Gasteiger charge is -2.38. The number of likely N-dealkylation sites (tertiary alicyclic amines) is 1. The van der Waals surface area contributed by atoms with E-state index in [1.54, 1.807) is 0 Å². The van der Waals surface area contributed by atoms with Crippen LogP contribution in [0.1, 0.15) is 67.9 Å². The zero-order valence-corrected chi connectivity index (χ0v) is 18.7. The van der Waals surface area contributed by atoms with E-state index in [-0.39, 0.29) is 17.8 Å². The van der Waals surface area contributed by atoms with E-state index >= 15 is 0 Å². The molecule has 0 N–H and O–H groups in total. The SMILES string of the molecule is CCc1ccc([C@@H]2C[C@H](c3nc(-c4ccccc4)no3)CN(C(=O)C3CCCC3)C2)cc1. The van der Waals surface area contributed by atoms with E-state index in [0.29, 0.717) is 24.2 Å². The lowest BCUT2D eigenvalue weighted by Crippen LogP contribution is -2.44. The Morgan fingerprint density at radius 2 is 1.72 bits per heavy atom. The number of hydrogen-bond acceptors (Lipinski definition) is 4. The number of benzene rings is 2. The summed E-state index contributed by atoms with van der Waals surface area (Å²) in [5.41, 5.74) is 3.58. The Kier molecular flexibility index (Phi) is 6.06. The van der Waals surface area contributed by atoms with Gasteiger partial charge in [0.05, 0.1) is 5.92 Å². The van der Waals surface area contributed by atoms with Crippen molar-refractivity contribution in [3.8, 4) is 11.4 Å². The zero-order valence-electron chi connectivity index (χ0n) is 18.7. The number of aryl methyl sites for hydroxylation is 1. The lowest BCUT2D eigenvalue weighted by atomic mass is 9.83. The summed E-state index contributed by atoms with van der Waals surface area (Å²) in [5.74, 6) is 2.07. The van der Waals surface area contributed by atoms with Crippen molar-refractivity contribution in [3.05, 3.63) is 71.6 Å². The number of hydrogen-bond donors (Lipinski definition) is 0. The third-order valence-corrected chi connectivity index (χ3v) is 7.15. The van der Waals surface area contributed by atoms with E-state index in [0.717, 1.165) is 37.8 Å². The van der Waals surface area contributed by atoms with Crippen LogP contribution in [0.15, 0.2) is 59.1 Å². The van der Waals surface area contributed by atoms with Crippen molar-refractivity contribution in [2.75, 3.05) is 13.1 Å². The summed E-state index contributed by atoms with van der Waals surface area (Å²) in [6.07, 6.45) is 6.32. The average molecular weight is 430 g/mol. The molecule has 2 heterocycles. The molecule has 2 aromatic carbocycles. The van der Waals surface area contributed by atoms with Crippen molar-refractivity contribution in [1.82, 2.24) is 15.0 Å². The van der Waals surface area contributed by atoms with Gasteiger partial charge < -0.3 is 9.42 Å². The van der Waals surface area contributed by atoms with E-state index in [1.807, 2.05) is 30.3 Å². The molecule has 2 aliphatic rings. The van der Waals surface area contributed by atoms with Crippen LogP contribution in [0, 0.1) is 5.92 Å². The molecule has 0 radical (unpaired) electrons. The lowest BCUT2D eigenvalue weighted by molar-refractivity contribution is -0.137. The Morgan fingerprint density at radius 3 is 2.44 bits per heavy atom. The third-order valence-electron chi connectivity index (χ3n) is 7.15. The topological polar surface area (TPSA) is 59.2 Å². The maximum absolute atomic E-state index is 13.3. The van der Waals surface area contributed by atoms with Crippen LogP contribution >= 0.6 is 0 Å². The van der Waals surface area contributed by atoms with Gasteiger partial charge in [0.2, 0.25) is 17.6 Å². The molecule has 2 fully saturated rings. The number of amides is 1. The number of carbonyl (C=O) groups excluding carboxylic acids is 1. The fourth-order valence-corrected chi connectivity index (χ4v) is 5.26. The second-order valence-electron chi connectivity index (χ2n) is 9.27. The number of carbonyl (C=O) groups is 1. The van der Waals surface area contributed by atoms with Crippen LogP contribution in [-0.2, 0) is 11.2 Å². The van der Waals surface area contributed by atoms with Gasteiger partial charge in [-0.25, -0.2) is 0 Å². The van der Waals surface area contributed by atoms with E-state index in [4.69, 9.17) is 9.51 Å². The minimum atomic E-state index is 0.0508. The van der Waals surface area contributed by atoms with Crippen molar-refractivity contribution in [2.24, 2.45) is 5.92 Å². The summed E-state index contributed by atoms with van der Waals surface area (Å²) in [7, 11) is 0. The molecule has 1 amide bonds. The smallest absolute Gasteiger partial charge is 0.231 e. The monoisotopic (exact) mass is 429 g/mol. The molecule has 0 bridgehead atoms. The molecule has 3 aromatic rings. The maximum Gasteiger partial charge on any atom is 0.231 e. The molecule has 32 heavy (non-hydrogen) atoms. The number of nitrogens with zero attached hydrogens (tertiary/aromatic N) is 3. The molecule has 5 rings (SSSR count). The van der Waals surface area contributed by atoms with Gasteiger partial charge in [0, 0.05) is 30.5 Å². The molecule has 166 valence electrons. The Morgan fingerprint density at radius 1 is 1.00 bits per heavy atom. The standard InChI is InChI=1S/C27H31N3O2/c1-2-19-12-14-20(15-13-19)23-16-24(18-30(17-23)27(31)22-10-6-7-11-22)26-28-25(29-32-26)21-8-4-3-5-9-21/h3-5,8-9,12-15,22-24H,2,6-7,10-11,16-18H2,1H3/t23-,24+/m1/s1. The summed E-state index contributed by atoms with van der Waals surface area (Å²) in [6.45, 7) is 3.61. The van der Waals surface area contributed by atoms with Crippen molar-refractivity contribution < 1.29 is 9.32 Å². The van der Waals surface area contributed by atoms with Gasteiger partial charge in [-0.2, -0.15) is 4.98 Å². The summed E-state index contributed by atoms with van der Waals surface area (Å²) < 4.78 is 5.73. The normalized spacial score (nSPS) is 21.7. The number of piperidine rings is 1. The molecule has 5 nitrogen and oxygen atoms in total. The predicted molar refractivity (Wildman–Crippen MR) is 124 cm³/mol. The van der Waals surface area contributed by atoms with Crippen molar-refractivity contribution >= 4 is 5.91 Å². The first-order valence-electron chi connectivity index (χ1n) is 12.0. The molecule has 2 atom stereocenters. The first-order chi connectivity index (χ1) is 15.7. The molecule has 5 heteroatoms. The molecule has 1 aliphatic heterocycles. The molecule has 1 aromatic heterocycles. The van der Waals surface area contributed by atoms with Gasteiger partial charge in [-0.05, 0) is 36.8 Å². The molecular weight excluding hydrogens is 398 g/mol. The van der Waals surface area contributed by atoms with Gasteiger partial charge in [0.25, 0.3) is 0 Å². The Balaban J connectivity index is 1.41. The summed E-state index contributed by atoms with van der Waals surface area (Å²) in [4.78, 5) is 20.2. The summed E-state index contributed by atoms with van der Waals surface area (Å²) in [5, 5.41) is 4.24. The molecular formula is C27H31N3O2. The number of aromatic nitrogens is 2.